The number of nitrogens with zero attached hydrogens (tertiary/aromatic N) is 1. The largest absolute Gasteiger partial charge is 0.508 e. The highest BCUT2D eigenvalue weighted by atomic mass is 32.2. The normalized spacial score (nSPS) is 10.4. The van der Waals surface area contributed by atoms with Crippen LogP contribution in [0.4, 0.5) is 5.13 Å². The Bertz CT molecular complexity index is 803. The van der Waals surface area contributed by atoms with E-state index in [1.165, 1.54) is 23.1 Å². The van der Waals surface area contributed by atoms with E-state index in [1.54, 1.807) is 18.2 Å². The molecule has 0 radical (unpaired) electrons. The van der Waals surface area contributed by atoms with E-state index in [4.69, 9.17) is 0 Å². The van der Waals surface area contributed by atoms with Gasteiger partial charge in [-0.1, -0.05) is 30.3 Å². The third-order valence-electron chi connectivity index (χ3n) is 3.01. The minimum Gasteiger partial charge on any atom is -0.508 e. The zero-order chi connectivity index (χ0) is 16.1. The molecule has 0 unspecified atom stereocenters. The van der Waals surface area contributed by atoms with Crippen LogP contribution in [-0.2, 0) is 4.79 Å². The van der Waals surface area contributed by atoms with Crippen LogP contribution in [0.3, 0.4) is 0 Å². The first-order valence-electron chi connectivity index (χ1n) is 6.93. The second-order valence-electron chi connectivity index (χ2n) is 4.74. The maximum absolute atomic E-state index is 12.0. The number of thiazole rings is 1. The van der Waals surface area contributed by atoms with Crippen molar-refractivity contribution in [1.82, 2.24) is 4.98 Å². The zero-order valence-corrected chi connectivity index (χ0v) is 13.7. The Morgan fingerprint density at radius 1 is 1.17 bits per heavy atom. The van der Waals surface area contributed by atoms with E-state index in [9.17, 15) is 9.90 Å². The summed E-state index contributed by atoms with van der Waals surface area (Å²) in [5.74, 6) is 0.446. The minimum absolute atomic E-state index is 0.0874. The molecule has 0 spiro atoms. The number of hydrogen-bond donors (Lipinski definition) is 2. The van der Waals surface area contributed by atoms with Crippen LogP contribution in [0.2, 0.25) is 0 Å². The number of thioether (sulfide) groups is 1. The number of phenols is 1. The van der Waals surface area contributed by atoms with Crippen LogP contribution in [0.1, 0.15) is 0 Å². The van der Waals surface area contributed by atoms with Crippen LogP contribution < -0.4 is 5.32 Å². The molecule has 3 rings (SSSR count). The second kappa shape index (κ2) is 7.30. The van der Waals surface area contributed by atoms with Crippen molar-refractivity contribution < 1.29 is 9.90 Å². The molecule has 0 aliphatic rings. The lowest BCUT2D eigenvalue weighted by atomic mass is 10.2. The van der Waals surface area contributed by atoms with Crippen molar-refractivity contribution in [3.8, 4) is 17.0 Å². The van der Waals surface area contributed by atoms with Gasteiger partial charge in [0.25, 0.3) is 0 Å². The van der Waals surface area contributed by atoms with Crippen molar-refractivity contribution in [3.05, 3.63) is 60.0 Å². The van der Waals surface area contributed by atoms with E-state index in [-0.39, 0.29) is 11.7 Å². The second-order valence-corrected chi connectivity index (χ2v) is 6.64. The zero-order valence-electron chi connectivity index (χ0n) is 12.1. The Balaban J connectivity index is 1.59. The molecule has 2 N–H and O–H groups in total. The monoisotopic (exact) mass is 342 g/mol. The molecular formula is C17H14N2O2S2. The first-order chi connectivity index (χ1) is 11.2. The maximum atomic E-state index is 12.0. The summed E-state index contributed by atoms with van der Waals surface area (Å²) in [6.07, 6.45) is 0. The number of amides is 1. The molecule has 6 heteroatoms. The molecule has 1 aromatic heterocycles. The van der Waals surface area contributed by atoms with Gasteiger partial charge in [-0.2, -0.15) is 0 Å². The molecule has 1 amide bonds. The Hall–Kier alpha value is -2.31. The number of benzene rings is 2. The van der Waals surface area contributed by atoms with Gasteiger partial charge in [0, 0.05) is 15.8 Å². The van der Waals surface area contributed by atoms with Gasteiger partial charge in [-0.05, 0) is 24.3 Å². The molecule has 0 atom stereocenters. The number of anilines is 1. The molecule has 0 bridgehead atoms. The fourth-order valence-electron chi connectivity index (χ4n) is 1.95. The summed E-state index contributed by atoms with van der Waals surface area (Å²) in [5.41, 5.74) is 1.55. The molecule has 0 aliphatic carbocycles. The maximum Gasteiger partial charge on any atom is 0.236 e. The van der Waals surface area contributed by atoms with Crippen molar-refractivity contribution in [1.29, 1.82) is 0 Å². The molecular weight excluding hydrogens is 328 g/mol. The summed E-state index contributed by atoms with van der Waals surface area (Å²) in [5, 5.41) is 14.7. The van der Waals surface area contributed by atoms with Crippen LogP contribution >= 0.6 is 23.1 Å². The van der Waals surface area contributed by atoms with Crippen LogP contribution in [0.5, 0.6) is 5.75 Å². The van der Waals surface area contributed by atoms with Crippen molar-refractivity contribution >= 4 is 34.1 Å². The summed E-state index contributed by atoms with van der Waals surface area (Å²) < 4.78 is 0. The van der Waals surface area contributed by atoms with Crippen molar-refractivity contribution in [2.75, 3.05) is 11.1 Å². The third kappa shape index (κ3) is 4.34. The lowest BCUT2D eigenvalue weighted by Gasteiger charge is -2.02. The van der Waals surface area contributed by atoms with Crippen molar-refractivity contribution in [2.45, 2.75) is 4.90 Å². The van der Waals surface area contributed by atoms with Gasteiger partial charge in [0.2, 0.25) is 5.91 Å². The highest BCUT2D eigenvalue weighted by Crippen LogP contribution is 2.27. The Kier molecular flexibility index (Phi) is 4.95. The number of carbonyl (C=O) groups is 1. The Labute approximate surface area is 142 Å². The lowest BCUT2D eigenvalue weighted by molar-refractivity contribution is -0.113. The highest BCUT2D eigenvalue weighted by molar-refractivity contribution is 8.00. The SMILES string of the molecule is O=C(CSc1ccccc1)Nc1nc(-c2cccc(O)c2)cs1. The fraction of sp³-hybridized carbons (Fsp3) is 0.0588. The third-order valence-corrected chi connectivity index (χ3v) is 4.78. The predicted octanol–water partition coefficient (Wildman–Crippen LogP) is 4.25. The summed E-state index contributed by atoms with van der Waals surface area (Å²) in [4.78, 5) is 17.4. The molecule has 0 saturated heterocycles. The summed E-state index contributed by atoms with van der Waals surface area (Å²) in [6, 6.07) is 16.7. The summed E-state index contributed by atoms with van der Waals surface area (Å²) >= 11 is 2.85. The Morgan fingerprint density at radius 2 is 2.00 bits per heavy atom. The standard InChI is InChI=1S/C17H14N2O2S2/c20-13-6-4-5-12(9-13)15-10-23-17(18-15)19-16(21)11-22-14-7-2-1-3-8-14/h1-10,20H,11H2,(H,18,19,21). The van der Waals surface area contributed by atoms with Crippen LogP contribution in [-0.4, -0.2) is 21.8 Å². The predicted molar refractivity (Wildman–Crippen MR) is 95.0 cm³/mol. The van der Waals surface area contributed by atoms with Gasteiger partial charge in [0.05, 0.1) is 11.4 Å². The number of aromatic hydroxyl groups is 1. The molecule has 4 nitrogen and oxygen atoms in total. The van der Waals surface area contributed by atoms with Gasteiger partial charge < -0.3 is 10.4 Å². The number of aromatic nitrogens is 1. The molecule has 3 aromatic rings. The number of nitrogens with one attached hydrogen (secondary N) is 1. The van der Waals surface area contributed by atoms with E-state index in [0.717, 1.165) is 16.2 Å². The number of carbonyl (C=O) groups excluding carboxylic acids is 1. The Morgan fingerprint density at radius 3 is 2.78 bits per heavy atom. The molecule has 0 saturated carbocycles. The van der Waals surface area contributed by atoms with Gasteiger partial charge in [-0.15, -0.1) is 23.1 Å². The van der Waals surface area contributed by atoms with Crippen molar-refractivity contribution in [2.24, 2.45) is 0 Å². The topological polar surface area (TPSA) is 62.2 Å². The van der Waals surface area contributed by atoms with Crippen LogP contribution in [0, 0.1) is 0 Å². The van der Waals surface area contributed by atoms with Crippen LogP contribution in [0.25, 0.3) is 11.3 Å². The minimum atomic E-state index is -0.0874. The molecule has 0 aliphatic heterocycles. The van der Waals surface area contributed by atoms with E-state index >= 15 is 0 Å². The van der Waals surface area contributed by atoms with Gasteiger partial charge in [-0.25, -0.2) is 4.98 Å². The molecule has 23 heavy (non-hydrogen) atoms. The molecule has 2 aromatic carbocycles. The van der Waals surface area contributed by atoms with E-state index in [2.05, 4.69) is 10.3 Å². The van der Waals surface area contributed by atoms with Gasteiger partial charge in [0.1, 0.15) is 5.75 Å². The smallest absolute Gasteiger partial charge is 0.236 e. The molecule has 1 heterocycles. The first kappa shape index (κ1) is 15.6. The highest BCUT2D eigenvalue weighted by Gasteiger charge is 2.09. The fourth-order valence-corrected chi connectivity index (χ4v) is 3.41. The average molecular weight is 342 g/mol. The number of hydrogen-bond acceptors (Lipinski definition) is 5. The summed E-state index contributed by atoms with van der Waals surface area (Å²) in [6.45, 7) is 0. The van der Waals surface area contributed by atoms with Crippen molar-refractivity contribution in [3.63, 3.8) is 0 Å². The van der Waals surface area contributed by atoms with E-state index in [0.29, 0.717) is 10.9 Å². The molecule has 0 fully saturated rings. The molecule has 116 valence electrons. The quantitative estimate of drug-likeness (QED) is 0.681. The van der Waals surface area contributed by atoms with Gasteiger partial charge >= 0.3 is 0 Å². The summed E-state index contributed by atoms with van der Waals surface area (Å²) in [7, 11) is 0. The van der Waals surface area contributed by atoms with Gasteiger partial charge in [-0.3, -0.25) is 4.79 Å². The number of phenolic OH excluding ortho intramolecular Hbond substituents is 1. The number of rotatable bonds is 5. The van der Waals surface area contributed by atoms with Crippen LogP contribution in [0.15, 0.2) is 64.9 Å². The van der Waals surface area contributed by atoms with Gasteiger partial charge in [0.15, 0.2) is 5.13 Å². The lowest BCUT2D eigenvalue weighted by Crippen LogP contribution is -2.13. The van der Waals surface area contributed by atoms with E-state index < -0.39 is 0 Å². The van der Waals surface area contributed by atoms with E-state index in [1.807, 2.05) is 41.8 Å². The average Bonchev–Trinajstić information content (AvgIpc) is 3.02. The first-order valence-corrected chi connectivity index (χ1v) is 8.80.